The van der Waals surface area contributed by atoms with Crippen LogP contribution in [0.25, 0.3) is 0 Å². The highest BCUT2D eigenvalue weighted by Gasteiger charge is 2.42. The first-order valence-corrected chi connectivity index (χ1v) is 6.11. The van der Waals surface area contributed by atoms with E-state index in [9.17, 15) is 9.90 Å². The Labute approximate surface area is 110 Å². The summed E-state index contributed by atoms with van der Waals surface area (Å²) < 4.78 is 16.1. The van der Waals surface area contributed by atoms with E-state index in [0.29, 0.717) is 12.2 Å². The minimum atomic E-state index is -0.825. The molecule has 1 saturated heterocycles. The van der Waals surface area contributed by atoms with Gasteiger partial charge in [0.2, 0.25) is 0 Å². The number of ether oxygens (including phenoxy) is 3. The molecule has 100 valence electrons. The zero-order valence-corrected chi connectivity index (χ0v) is 10.2. The van der Waals surface area contributed by atoms with Crippen molar-refractivity contribution < 1.29 is 24.1 Å². The van der Waals surface area contributed by atoms with Crippen LogP contribution in [-0.2, 0) is 25.6 Å². The second-order valence-electron chi connectivity index (χ2n) is 4.53. The molecule has 2 aliphatic rings. The van der Waals surface area contributed by atoms with Gasteiger partial charge in [-0.15, -0.1) is 0 Å². The van der Waals surface area contributed by atoms with Crippen LogP contribution in [0.2, 0.25) is 0 Å². The number of hydrogen-bond acceptors (Lipinski definition) is 5. The predicted molar refractivity (Wildman–Crippen MR) is 64.9 cm³/mol. The molecule has 3 unspecified atom stereocenters. The normalized spacial score (nSPS) is 29.6. The van der Waals surface area contributed by atoms with Crippen molar-refractivity contribution in [2.45, 2.75) is 25.1 Å². The molecular formula is C14H14O5. The van der Waals surface area contributed by atoms with Crippen molar-refractivity contribution in [3.05, 3.63) is 47.5 Å². The maximum atomic E-state index is 11.3. The zero-order valence-electron chi connectivity index (χ0n) is 10.2. The molecule has 1 aromatic rings. The highest BCUT2D eigenvalue weighted by molar-refractivity contribution is 5.86. The SMILES string of the molecule is O=C1C=C2C(OCc3ccccc3)OCC(O)C2O1. The predicted octanol–water partition coefficient (Wildman–Crippen LogP) is 0.772. The van der Waals surface area contributed by atoms with E-state index in [1.807, 2.05) is 30.3 Å². The van der Waals surface area contributed by atoms with Crippen LogP contribution in [0.15, 0.2) is 42.0 Å². The molecule has 0 amide bonds. The molecular weight excluding hydrogens is 248 g/mol. The van der Waals surface area contributed by atoms with Crippen LogP contribution < -0.4 is 0 Å². The topological polar surface area (TPSA) is 65.0 Å². The summed E-state index contributed by atoms with van der Waals surface area (Å²) in [5.74, 6) is -0.460. The molecule has 0 aliphatic carbocycles. The monoisotopic (exact) mass is 262 g/mol. The van der Waals surface area contributed by atoms with Gasteiger partial charge in [-0.2, -0.15) is 0 Å². The van der Waals surface area contributed by atoms with E-state index in [1.165, 1.54) is 6.08 Å². The molecule has 19 heavy (non-hydrogen) atoms. The zero-order chi connectivity index (χ0) is 13.2. The summed E-state index contributed by atoms with van der Waals surface area (Å²) in [4.78, 5) is 11.3. The fraction of sp³-hybridized carbons (Fsp3) is 0.357. The van der Waals surface area contributed by atoms with Gasteiger partial charge in [-0.3, -0.25) is 0 Å². The fourth-order valence-corrected chi connectivity index (χ4v) is 2.21. The number of esters is 1. The molecule has 5 heteroatoms. The first-order valence-electron chi connectivity index (χ1n) is 6.11. The highest BCUT2D eigenvalue weighted by atomic mass is 16.7. The van der Waals surface area contributed by atoms with Gasteiger partial charge in [0.1, 0.15) is 6.10 Å². The quantitative estimate of drug-likeness (QED) is 0.815. The van der Waals surface area contributed by atoms with Gasteiger partial charge in [-0.05, 0) is 5.56 Å². The Bertz CT molecular complexity index is 496. The lowest BCUT2D eigenvalue weighted by Gasteiger charge is -2.31. The number of benzene rings is 1. The molecule has 0 spiro atoms. The first-order chi connectivity index (χ1) is 9.24. The van der Waals surface area contributed by atoms with Crippen molar-refractivity contribution in [2.75, 3.05) is 6.61 Å². The van der Waals surface area contributed by atoms with Gasteiger partial charge >= 0.3 is 5.97 Å². The third kappa shape index (κ3) is 2.53. The molecule has 0 aromatic heterocycles. The Hall–Kier alpha value is -1.69. The molecule has 1 aromatic carbocycles. The van der Waals surface area contributed by atoms with Crippen LogP contribution in [-0.4, -0.2) is 36.2 Å². The second-order valence-corrected chi connectivity index (χ2v) is 4.53. The van der Waals surface area contributed by atoms with Gasteiger partial charge in [-0.25, -0.2) is 4.79 Å². The molecule has 2 aliphatic heterocycles. The summed E-state index contributed by atoms with van der Waals surface area (Å²) in [7, 11) is 0. The maximum absolute atomic E-state index is 11.3. The smallest absolute Gasteiger partial charge is 0.331 e. The minimum absolute atomic E-state index is 0.0920. The molecule has 0 bridgehead atoms. The van der Waals surface area contributed by atoms with Crippen LogP contribution in [0.1, 0.15) is 5.56 Å². The first kappa shape index (κ1) is 12.3. The van der Waals surface area contributed by atoms with Gasteiger partial charge in [0.15, 0.2) is 12.4 Å². The molecule has 2 heterocycles. The summed E-state index contributed by atoms with van der Waals surface area (Å²) in [6.07, 6.45) is -0.765. The Kier molecular flexibility index (Phi) is 3.33. The minimum Gasteiger partial charge on any atom is -0.452 e. The van der Waals surface area contributed by atoms with Gasteiger partial charge < -0.3 is 19.3 Å². The van der Waals surface area contributed by atoms with Gasteiger partial charge in [-0.1, -0.05) is 30.3 Å². The highest BCUT2D eigenvalue weighted by Crippen LogP contribution is 2.29. The lowest BCUT2D eigenvalue weighted by atomic mass is 10.0. The summed E-state index contributed by atoms with van der Waals surface area (Å²) in [6, 6.07) is 9.67. The van der Waals surface area contributed by atoms with Gasteiger partial charge in [0, 0.05) is 11.6 Å². The maximum Gasteiger partial charge on any atom is 0.331 e. The summed E-state index contributed by atoms with van der Waals surface area (Å²) in [5.41, 5.74) is 1.57. The molecule has 5 nitrogen and oxygen atoms in total. The average Bonchev–Trinajstić information content (AvgIpc) is 2.82. The molecule has 1 fully saturated rings. The van der Waals surface area contributed by atoms with E-state index in [1.54, 1.807) is 0 Å². The summed E-state index contributed by atoms with van der Waals surface area (Å²) >= 11 is 0. The van der Waals surface area contributed by atoms with Crippen molar-refractivity contribution in [1.82, 2.24) is 0 Å². The Morgan fingerprint density at radius 3 is 2.89 bits per heavy atom. The number of fused-ring (bicyclic) bond motifs is 1. The molecule has 3 rings (SSSR count). The standard InChI is InChI=1S/C14H14O5/c15-11-8-18-14(10-6-12(16)19-13(10)11)17-7-9-4-2-1-3-5-9/h1-6,11,13-15H,7-8H2. The number of hydrogen-bond donors (Lipinski definition) is 1. The Morgan fingerprint density at radius 1 is 1.32 bits per heavy atom. The van der Waals surface area contributed by atoms with Crippen LogP contribution in [0.5, 0.6) is 0 Å². The van der Waals surface area contributed by atoms with Crippen molar-refractivity contribution in [2.24, 2.45) is 0 Å². The number of rotatable bonds is 3. The van der Waals surface area contributed by atoms with E-state index in [-0.39, 0.29) is 6.61 Å². The third-order valence-electron chi connectivity index (χ3n) is 3.14. The van der Waals surface area contributed by atoms with Crippen LogP contribution >= 0.6 is 0 Å². The van der Waals surface area contributed by atoms with Crippen molar-refractivity contribution >= 4 is 5.97 Å². The lowest BCUT2D eigenvalue weighted by Crippen LogP contribution is -2.44. The van der Waals surface area contributed by atoms with Crippen molar-refractivity contribution in [3.8, 4) is 0 Å². The number of carbonyl (C=O) groups is 1. The summed E-state index contributed by atoms with van der Waals surface area (Å²) in [5, 5.41) is 9.70. The molecule has 1 N–H and O–H groups in total. The molecule has 3 atom stereocenters. The van der Waals surface area contributed by atoms with E-state index in [4.69, 9.17) is 14.2 Å². The Balaban J connectivity index is 1.68. The average molecular weight is 262 g/mol. The van der Waals surface area contributed by atoms with E-state index in [0.717, 1.165) is 5.56 Å². The van der Waals surface area contributed by atoms with Crippen LogP contribution in [0, 0.1) is 0 Å². The van der Waals surface area contributed by atoms with Crippen LogP contribution in [0.4, 0.5) is 0 Å². The van der Waals surface area contributed by atoms with Crippen LogP contribution in [0.3, 0.4) is 0 Å². The lowest BCUT2D eigenvalue weighted by molar-refractivity contribution is -0.189. The van der Waals surface area contributed by atoms with Gasteiger partial charge in [0.05, 0.1) is 13.2 Å². The van der Waals surface area contributed by atoms with E-state index >= 15 is 0 Å². The number of carbonyl (C=O) groups excluding carboxylic acids is 1. The molecule has 0 saturated carbocycles. The van der Waals surface area contributed by atoms with E-state index in [2.05, 4.69) is 0 Å². The number of aliphatic hydroxyl groups is 1. The Morgan fingerprint density at radius 2 is 2.11 bits per heavy atom. The fourth-order valence-electron chi connectivity index (χ4n) is 2.21. The van der Waals surface area contributed by atoms with Crippen molar-refractivity contribution in [1.29, 1.82) is 0 Å². The van der Waals surface area contributed by atoms with Crippen molar-refractivity contribution in [3.63, 3.8) is 0 Å². The van der Waals surface area contributed by atoms with Gasteiger partial charge in [0.25, 0.3) is 0 Å². The second kappa shape index (κ2) is 5.13. The largest absolute Gasteiger partial charge is 0.452 e. The number of aliphatic hydroxyl groups excluding tert-OH is 1. The summed E-state index contributed by atoms with van der Waals surface area (Å²) in [6.45, 7) is 0.467. The molecule has 0 radical (unpaired) electrons. The third-order valence-corrected chi connectivity index (χ3v) is 3.14. The van der Waals surface area contributed by atoms with E-state index < -0.39 is 24.5 Å².